The van der Waals surface area contributed by atoms with E-state index in [1.54, 1.807) is 62.4 Å². The number of unbranched alkanes of at least 4 members (excludes halogenated alkanes) is 2. The fraction of sp³-hybridized carbons (Fsp3) is 0.527. The van der Waals surface area contributed by atoms with E-state index in [1.807, 2.05) is 0 Å². The molecule has 4 fully saturated rings. The van der Waals surface area contributed by atoms with E-state index in [0.717, 1.165) is 24.5 Å². The number of likely N-dealkylation sites (N-methyl/N-ethyl adjacent to an activating group) is 2. The van der Waals surface area contributed by atoms with Crippen LogP contribution in [0.2, 0.25) is 0 Å². The molecule has 15 atom stereocenters. The number of H-pyrrole nitrogens is 1. The number of carbonyl (C=O) groups excluding carboxylic acids is 18. The number of primary amides is 4. The van der Waals surface area contributed by atoms with Gasteiger partial charge in [-0.2, -0.15) is 0 Å². The van der Waals surface area contributed by atoms with Crippen LogP contribution < -0.4 is 76.1 Å². The number of phenols is 1. The number of aliphatic carboxylic acids is 3. The van der Waals surface area contributed by atoms with Crippen molar-refractivity contribution in [2.75, 3.05) is 46.8 Å². The minimum absolute atomic E-state index is 0.0621. The number of carboxylic acid groups (broad SMARTS) is 3. The summed E-state index contributed by atoms with van der Waals surface area (Å²) in [5, 5.41) is 78.0. The van der Waals surface area contributed by atoms with Gasteiger partial charge in [-0.25, -0.2) is 0 Å². The molecule has 0 bridgehead atoms. The van der Waals surface area contributed by atoms with Crippen LogP contribution >= 0.6 is 0 Å². The number of aliphatic hydroxyl groups excluding tert-OH is 1. The van der Waals surface area contributed by atoms with Gasteiger partial charge < -0.3 is 136 Å². The number of aliphatic hydroxyl groups is 1. The van der Waals surface area contributed by atoms with E-state index in [1.165, 1.54) is 55.3 Å². The number of amides is 18. The Kier molecular flexibility index (Phi) is 39.0. The van der Waals surface area contributed by atoms with Gasteiger partial charge >= 0.3 is 17.9 Å². The molecule has 138 heavy (non-hydrogen) atoms. The third-order valence-electron chi connectivity index (χ3n) is 24.8. The lowest BCUT2D eigenvalue weighted by atomic mass is 9.97. The Labute approximate surface area is 792 Å². The van der Waals surface area contributed by atoms with E-state index < -0.39 is 312 Å². The Bertz CT molecular complexity index is 5350. The lowest BCUT2D eigenvalue weighted by molar-refractivity contribution is -0.149. The third kappa shape index (κ3) is 29.4. The summed E-state index contributed by atoms with van der Waals surface area (Å²) in [5.41, 5.74) is 24.8. The summed E-state index contributed by atoms with van der Waals surface area (Å²) in [7, 11) is 2.45. The molecule has 0 saturated carbocycles. The molecular formula is C91H123N21O26. The zero-order valence-corrected chi connectivity index (χ0v) is 77.1. The lowest BCUT2D eigenvalue weighted by Gasteiger charge is -2.38. The number of hydrogen-bond donors (Lipinski definition) is 20. The van der Waals surface area contributed by atoms with Gasteiger partial charge in [0.1, 0.15) is 96.9 Å². The van der Waals surface area contributed by atoms with Crippen molar-refractivity contribution in [1.29, 1.82) is 0 Å². The number of piperidine rings is 1. The normalized spacial score (nSPS) is 24.9. The van der Waals surface area contributed by atoms with E-state index in [9.17, 15) is 87.9 Å². The van der Waals surface area contributed by atoms with Crippen LogP contribution in [0.1, 0.15) is 159 Å². The smallest absolute Gasteiger partial charge is 0.323 e. The minimum atomic E-state index is -2.08. The summed E-state index contributed by atoms with van der Waals surface area (Å²) in [6.45, 7) is 0.502. The molecule has 2 aromatic heterocycles. The van der Waals surface area contributed by atoms with E-state index >= 15 is 38.4 Å². The number of aromatic nitrogens is 2. The van der Waals surface area contributed by atoms with Crippen LogP contribution in [0.3, 0.4) is 0 Å². The molecule has 748 valence electrons. The van der Waals surface area contributed by atoms with Crippen molar-refractivity contribution in [3.8, 4) is 5.75 Å². The number of aromatic hydroxyl groups is 1. The Morgan fingerprint density at radius 3 is 1.56 bits per heavy atom. The van der Waals surface area contributed by atoms with Crippen molar-refractivity contribution >= 4 is 146 Å². The summed E-state index contributed by atoms with van der Waals surface area (Å²) in [6, 6.07) is -5.81. The number of benzene rings is 3. The highest BCUT2D eigenvalue weighted by atomic mass is 16.4. The van der Waals surface area contributed by atoms with Crippen molar-refractivity contribution in [3.63, 3.8) is 0 Å². The molecule has 9 rings (SSSR count). The first-order valence-corrected chi connectivity index (χ1v) is 45.8. The number of carbonyl (C=O) groups is 21. The second kappa shape index (κ2) is 50.2. The van der Waals surface area contributed by atoms with Crippen molar-refractivity contribution in [2.24, 2.45) is 22.9 Å². The molecule has 0 unspecified atom stereocenters. The summed E-state index contributed by atoms with van der Waals surface area (Å²) in [6.07, 6.45) is -5.28. The standard InChI is InChI=1S/C91H123N21O26/c1-5-7-19-66-83(130)99-57(29-32-75(119)120)80(127)106-64(78(95)125)43-96-44-74(118)98-61(36-48-24-26-51(113)27-25-48)89(136)110-34-14-13-22-67(110)85(132)105-63(41-73(94)117)90(137)111-35-15-23-68(111)84(131)100-56(28-31-71(92)115)79(126)101-58(30-33-76(121)122)88(135)112-46-52(114)39-70(112)86(133)103-59(37-49-42-97-55-18-11-9-16-53(49)55)81(128)102-60(40-72(93)116)82(129)104-62(87(134)108(4)69(20-8-6-2)91(138)107(66)3)38-50-45-109(47-77(123)124)65-21-12-10-17-54(50)65/h9-12,16-18,21,24-27,42,45,52,56-64,66-70,96-97,113-114H,5-8,13-15,19-20,22-23,28-41,43-44,46-47H2,1-4H3,(H2,92,115)(H2,93,116)(H2,94,117)(H2,95,125)(H,98,118)(H,99,130)(H,100,131)(H,101,126)(H,102,128)(H,103,133)(H,104,129)(H,105,132)(H,106,127)(H,119,120)(H,121,122)(H,123,124)/t52-,56+,57+,58+,59+,60+,61+,62+,63+,64+,66+,67+,68+,69+,70+/m1/s1. The number of hydrogen-bond acceptors (Lipinski definition) is 24. The van der Waals surface area contributed by atoms with Gasteiger partial charge in [-0.1, -0.05) is 88.1 Å². The molecule has 0 aliphatic carbocycles. The Morgan fingerprint density at radius 1 is 0.442 bits per heavy atom. The molecule has 24 N–H and O–H groups in total. The minimum Gasteiger partial charge on any atom is -0.508 e. The summed E-state index contributed by atoms with van der Waals surface area (Å²) >= 11 is 0. The molecule has 47 nitrogen and oxygen atoms in total. The average Bonchev–Trinajstić information content (AvgIpc) is 1.68. The van der Waals surface area contributed by atoms with Crippen molar-refractivity contribution in [1.82, 2.24) is 87.2 Å². The third-order valence-corrected chi connectivity index (χ3v) is 24.8. The van der Waals surface area contributed by atoms with Crippen LogP contribution in [0.25, 0.3) is 21.8 Å². The number of para-hydroxylation sites is 2. The van der Waals surface area contributed by atoms with Gasteiger partial charge in [0.05, 0.1) is 25.5 Å². The number of fused-ring (bicyclic) bond motifs is 5. The maximum absolute atomic E-state index is 15.9. The van der Waals surface area contributed by atoms with E-state index in [2.05, 4.69) is 58.2 Å². The molecular weight excluding hydrogens is 1800 g/mol. The maximum atomic E-state index is 15.9. The predicted molar refractivity (Wildman–Crippen MR) is 489 cm³/mol. The van der Waals surface area contributed by atoms with Crippen molar-refractivity contribution in [3.05, 3.63) is 102 Å². The molecule has 0 radical (unpaired) electrons. The first-order valence-electron chi connectivity index (χ1n) is 45.8. The second-order valence-electron chi connectivity index (χ2n) is 35.0. The topological polar surface area (TPSA) is 721 Å². The van der Waals surface area contributed by atoms with E-state index in [4.69, 9.17) is 22.9 Å². The van der Waals surface area contributed by atoms with Gasteiger partial charge in [0.2, 0.25) is 106 Å². The van der Waals surface area contributed by atoms with Crippen LogP contribution in [0, 0.1) is 0 Å². The van der Waals surface area contributed by atoms with Crippen LogP contribution in [0.4, 0.5) is 0 Å². The van der Waals surface area contributed by atoms with Gasteiger partial charge in [0.25, 0.3) is 0 Å². The second-order valence-corrected chi connectivity index (χ2v) is 35.0. The zero-order chi connectivity index (χ0) is 101. The monoisotopic (exact) mass is 1930 g/mol. The first kappa shape index (κ1) is 107. The highest BCUT2D eigenvalue weighted by Gasteiger charge is 2.48. The zero-order valence-electron chi connectivity index (χ0n) is 77.1. The fourth-order valence-corrected chi connectivity index (χ4v) is 17.6. The molecule has 5 aromatic rings. The van der Waals surface area contributed by atoms with Crippen LogP contribution in [0.15, 0.2) is 85.2 Å². The summed E-state index contributed by atoms with van der Waals surface area (Å²) in [5.74, 6) is -24.2. The fourth-order valence-electron chi connectivity index (χ4n) is 17.6. The number of carboxylic acids is 3. The molecule has 47 heteroatoms. The highest BCUT2D eigenvalue weighted by molar-refractivity contribution is 6.03. The number of nitrogens with one attached hydrogen (secondary N) is 11. The molecule has 4 saturated heterocycles. The largest absolute Gasteiger partial charge is 0.508 e. The van der Waals surface area contributed by atoms with Gasteiger partial charge in [0.15, 0.2) is 0 Å². The van der Waals surface area contributed by atoms with Crippen LogP contribution in [0.5, 0.6) is 5.75 Å². The lowest BCUT2D eigenvalue weighted by Crippen LogP contribution is -2.62. The quantitative estimate of drug-likeness (QED) is 0.0224. The molecule has 0 spiro atoms. The summed E-state index contributed by atoms with van der Waals surface area (Å²) in [4.78, 5) is 308. The molecule has 4 aliphatic rings. The number of nitrogens with two attached hydrogens (primary N) is 4. The van der Waals surface area contributed by atoms with Crippen LogP contribution in [-0.4, -0.2) is 321 Å². The Morgan fingerprint density at radius 2 is 0.935 bits per heavy atom. The number of rotatable bonds is 28. The van der Waals surface area contributed by atoms with Gasteiger partial charge in [-0.15, -0.1) is 0 Å². The first-order chi connectivity index (χ1) is 65.6. The van der Waals surface area contributed by atoms with Gasteiger partial charge in [-0.05, 0) is 105 Å². The number of aromatic amines is 1. The van der Waals surface area contributed by atoms with E-state index in [-0.39, 0.29) is 75.8 Å². The van der Waals surface area contributed by atoms with Crippen molar-refractivity contribution in [2.45, 2.75) is 259 Å². The summed E-state index contributed by atoms with van der Waals surface area (Å²) < 4.78 is 1.35. The van der Waals surface area contributed by atoms with Crippen molar-refractivity contribution < 1.29 is 126 Å². The Hall–Kier alpha value is -14.7. The maximum Gasteiger partial charge on any atom is 0.323 e. The van der Waals surface area contributed by atoms with Crippen LogP contribution in [-0.2, 0) is 126 Å². The van der Waals surface area contributed by atoms with Gasteiger partial charge in [-0.3, -0.25) is 101 Å². The number of nitrogens with zero attached hydrogens (tertiary/aromatic N) is 6. The van der Waals surface area contributed by atoms with Gasteiger partial charge in [0, 0.05) is 119 Å². The molecule has 3 aromatic carbocycles. The highest BCUT2D eigenvalue weighted by Crippen LogP contribution is 2.30. The Balaban J connectivity index is 1.12. The van der Waals surface area contributed by atoms with E-state index in [0.29, 0.717) is 58.6 Å². The average molecular weight is 1930 g/mol. The number of phenolic OH excluding ortho intramolecular Hbond substituents is 1. The molecule has 6 heterocycles. The predicted octanol–water partition coefficient (Wildman–Crippen LogP) is -4.49. The SMILES string of the molecule is CCCC[C@H]1C(=O)N(C)[C@@H](CCCC)C(=O)N[C@@H](CCC(=O)O)C(=O)N[C@H](C(N)=O)CNCC(=O)N[C@@H](Cc2ccc(O)cc2)C(=O)N2CCCC[C@H]2C(=O)N[C@@H](CC(N)=O)C(=O)N2CCC[C@H]2C(=O)N[C@@H](CCC(N)=O)C(=O)N[C@@H](CCC(=O)O)C(=O)N2C[C@H](O)C[C@H]2C(=O)N[C@@H](Cc2c[nH]c3ccccc23)C(=O)N[C@@H](CC(N)=O)C(=O)N[C@@H](Cc2cn(CC(=O)O)c3ccccc23)C(=O)N1C. The molecule has 4 aliphatic heterocycles. The molecule has 18 amide bonds.